The predicted octanol–water partition coefficient (Wildman–Crippen LogP) is 2.88. The molecule has 1 fully saturated rings. The molecule has 0 unspecified atom stereocenters. The summed E-state index contributed by atoms with van der Waals surface area (Å²) in [6.07, 6.45) is 9.79. The molecule has 0 radical (unpaired) electrons. The molecule has 0 bridgehead atoms. The molecule has 1 aromatic heterocycles. The fraction of sp³-hybridized carbons (Fsp3) is 0.842. The molecule has 1 aromatic rings. The van der Waals surface area contributed by atoms with Crippen LogP contribution in [0.3, 0.4) is 0 Å². The van der Waals surface area contributed by atoms with Gasteiger partial charge in [0, 0.05) is 39.8 Å². The standard InChI is InChI=1S/C19H34N6O.HI/c1-3-20-18(22-15-19(11-13-26-2)9-5-6-10-19)21-14-17-24-23-16-8-4-7-12-25(16)17;/h3-15H2,1-2H3,(H2,20,21,22);1H. The lowest BCUT2D eigenvalue weighted by molar-refractivity contribution is 0.138. The van der Waals surface area contributed by atoms with Gasteiger partial charge in [0.25, 0.3) is 0 Å². The van der Waals surface area contributed by atoms with Gasteiger partial charge in [0.05, 0.1) is 0 Å². The van der Waals surface area contributed by atoms with E-state index in [1.807, 2.05) is 0 Å². The molecule has 0 saturated heterocycles. The highest BCUT2D eigenvalue weighted by molar-refractivity contribution is 14.0. The van der Waals surface area contributed by atoms with E-state index in [-0.39, 0.29) is 24.0 Å². The second-order valence-electron chi connectivity index (χ2n) is 7.64. The summed E-state index contributed by atoms with van der Waals surface area (Å²) < 4.78 is 7.58. The van der Waals surface area contributed by atoms with E-state index >= 15 is 0 Å². The van der Waals surface area contributed by atoms with Crippen LogP contribution in [0.1, 0.15) is 63.5 Å². The molecular weight excluding hydrogens is 455 g/mol. The van der Waals surface area contributed by atoms with Gasteiger partial charge in [-0.3, -0.25) is 0 Å². The number of aliphatic imine (C=N–C) groups is 1. The Morgan fingerprint density at radius 3 is 2.74 bits per heavy atom. The monoisotopic (exact) mass is 490 g/mol. The van der Waals surface area contributed by atoms with Crippen molar-refractivity contribution >= 4 is 29.9 Å². The molecule has 7 nitrogen and oxygen atoms in total. The van der Waals surface area contributed by atoms with E-state index in [0.29, 0.717) is 12.0 Å². The minimum absolute atomic E-state index is 0. The van der Waals surface area contributed by atoms with Gasteiger partial charge >= 0.3 is 0 Å². The van der Waals surface area contributed by atoms with Crippen LogP contribution in [0, 0.1) is 5.41 Å². The number of nitrogens with zero attached hydrogens (tertiary/aromatic N) is 4. The third-order valence-corrected chi connectivity index (χ3v) is 5.79. The molecule has 2 aliphatic rings. The van der Waals surface area contributed by atoms with Crippen LogP contribution in [0.4, 0.5) is 0 Å². The molecule has 2 N–H and O–H groups in total. The van der Waals surface area contributed by atoms with Crippen molar-refractivity contribution in [2.24, 2.45) is 10.4 Å². The molecule has 1 aliphatic carbocycles. The van der Waals surface area contributed by atoms with Gasteiger partial charge in [0.15, 0.2) is 11.8 Å². The quantitative estimate of drug-likeness (QED) is 0.333. The Morgan fingerprint density at radius 2 is 2.00 bits per heavy atom. The average molecular weight is 490 g/mol. The Bertz CT molecular complexity index is 597. The van der Waals surface area contributed by atoms with Gasteiger partial charge < -0.3 is 19.9 Å². The average Bonchev–Trinajstić information content (AvgIpc) is 3.30. The largest absolute Gasteiger partial charge is 0.385 e. The van der Waals surface area contributed by atoms with Crippen molar-refractivity contribution in [1.29, 1.82) is 0 Å². The van der Waals surface area contributed by atoms with Crippen molar-refractivity contribution in [3.63, 3.8) is 0 Å². The maximum atomic E-state index is 5.34. The molecule has 0 amide bonds. The number of hydrogen-bond donors (Lipinski definition) is 2. The van der Waals surface area contributed by atoms with E-state index in [1.165, 1.54) is 38.5 Å². The van der Waals surface area contributed by atoms with Crippen LogP contribution in [0.15, 0.2) is 4.99 Å². The molecule has 1 aliphatic heterocycles. The van der Waals surface area contributed by atoms with Crippen molar-refractivity contribution in [3.05, 3.63) is 11.6 Å². The highest BCUT2D eigenvalue weighted by Gasteiger charge is 2.33. The number of rotatable bonds is 8. The first kappa shape index (κ1) is 22.4. The summed E-state index contributed by atoms with van der Waals surface area (Å²) in [6.45, 7) is 6.35. The first-order chi connectivity index (χ1) is 12.8. The number of aromatic nitrogens is 3. The van der Waals surface area contributed by atoms with E-state index in [1.54, 1.807) is 7.11 Å². The van der Waals surface area contributed by atoms with Crippen LogP contribution in [0.25, 0.3) is 0 Å². The summed E-state index contributed by atoms with van der Waals surface area (Å²) in [6, 6.07) is 0. The molecule has 2 heterocycles. The number of nitrogens with one attached hydrogen (secondary N) is 2. The topological polar surface area (TPSA) is 76.4 Å². The van der Waals surface area contributed by atoms with Crippen molar-refractivity contribution in [2.45, 2.75) is 71.4 Å². The molecule has 0 spiro atoms. The van der Waals surface area contributed by atoms with E-state index in [0.717, 1.165) is 56.7 Å². The van der Waals surface area contributed by atoms with Crippen LogP contribution < -0.4 is 10.6 Å². The summed E-state index contributed by atoms with van der Waals surface area (Å²) in [5, 5.41) is 15.6. The van der Waals surface area contributed by atoms with Crippen molar-refractivity contribution in [2.75, 3.05) is 26.8 Å². The molecule has 0 aromatic carbocycles. The lowest BCUT2D eigenvalue weighted by Crippen LogP contribution is -2.43. The fourth-order valence-corrected chi connectivity index (χ4v) is 4.21. The highest BCUT2D eigenvalue weighted by Crippen LogP contribution is 2.40. The zero-order valence-corrected chi connectivity index (χ0v) is 19.1. The molecule has 27 heavy (non-hydrogen) atoms. The Labute approximate surface area is 180 Å². The Morgan fingerprint density at radius 1 is 1.19 bits per heavy atom. The molecule has 3 rings (SSSR count). The molecule has 1 saturated carbocycles. The van der Waals surface area contributed by atoms with Gasteiger partial charge in [-0.1, -0.05) is 12.8 Å². The molecular formula is C19H35IN6O. The van der Waals surface area contributed by atoms with Gasteiger partial charge in [0.2, 0.25) is 0 Å². The Kier molecular flexibility index (Phi) is 9.28. The van der Waals surface area contributed by atoms with Crippen LogP contribution in [-0.4, -0.2) is 47.5 Å². The van der Waals surface area contributed by atoms with E-state index in [4.69, 9.17) is 9.73 Å². The first-order valence-electron chi connectivity index (χ1n) is 10.2. The second kappa shape index (κ2) is 11.2. The maximum Gasteiger partial charge on any atom is 0.191 e. The second-order valence-corrected chi connectivity index (χ2v) is 7.64. The summed E-state index contributed by atoms with van der Waals surface area (Å²) >= 11 is 0. The smallest absolute Gasteiger partial charge is 0.191 e. The lowest BCUT2D eigenvalue weighted by Gasteiger charge is -2.30. The van der Waals surface area contributed by atoms with E-state index < -0.39 is 0 Å². The maximum absolute atomic E-state index is 5.34. The van der Waals surface area contributed by atoms with Crippen LogP contribution in [0.5, 0.6) is 0 Å². The predicted molar refractivity (Wildman–Crippen MR) is 119 cm³/mol. The van der Waals surface area contributed by atoms with E-state index in [2.05, 4.69) is 32.3 Å². The Hall–Kier alpha value is -0.900. The van der Waals surface area contributed by atoms with Crippen LogP contribution in [0.2, 0.25) is 0 Å². The molecule has 0 atom stereocenters. The van der Waals surface area contributed by atoms with Crippen LogP contribution in [-0.2, 0) is 24.2 Å². The van der Waals surface area contributed by atoms with Crippen molar-refractivity contribution in [3.8, 4) is 0 Å². The third kappa shape index (κ3) is 6.04. The van der Waals surface area contributed by atoms with Crippen LogP contribution >= 0.6 is 24.0 Å². The van der Waals surface area contributed by atoms with E-state index in [9.17, 15) is 0 Å². The van der Waals surface area contributed by atoms with Gasteiger partial charge in [-0.15, -0.1) is 34.2 Å². The first-order valence-corrected chi connectivity index (χ1v) is 10.2. The number of methoxy groups -OCH3 is 1. The minimum Gasteiger partial charge on any atom is -0.385 e. The lowest BCUT2D eigenvalue weighted by atomic mass is 9.83. The van der Waals surface area contributed by atoms with Gasteiger partial charge in [0.1, 0.15) is 12.4 Å². The van der Waals surface area contributed by atoms with Gasteiger partial charge in [-0.05, 0) is 44.4 Å². The number of halogens is 1. The van der Waals surface area contributed by atoms with Crippen molar-refractivity contribution < 1.29 is 4.74 Å². The van der Waals surface area contributed by atoms with Crippen molar-refractivity contribution in [1.82, 2.24) is 25.4 Å². The molecule has 154 valence electrons. The van der Waals surface area contributed by atoms with Gasteiger partial charge in [-0.25, -0.2) is 4.99 Å². The Balaban J connectivity index is 0.00000261. The zero-order chi connectivity index (χ0) is 18.2. The SMILES string of the molecule is CCNC(=NCc1nnc2n1CCCC2)NCC1(CCOC)CCCC1.I. The number of fused-ring (bicyclic) bond motifs is 1. The highest BCUT2D eigenvalue weighted by atomic mass is 127. The summed E-state index contributed by atoms with van der Waals surface area (Å²) in [5.41, 5.74) is 0.347. The van der Waals surface area contributed by atoms with Gasteiger partial charge in [-0.2, -0.15) is 0 Å². The zero-order valence-electron chi connectivity index (χ0n) is 16.8. The summed E-state index contributed by atoms with van der Waals surface area (Å²) in [5.74, 6) is 2.97. The number of aryl methyl sites for hydroxylation is 1. The summed E-state index contributed by atoms with van der Waals surface area (Å²) in [7, 11) is 1.79. The number of guanidine groups is 1. The summed E-state index contributed by atoms with van der Waals surface area (Å²) in [4.78, 5) is 4.78. The minimum atomic E-state index is 0. The molecule has 8 heteroatoms. The third-order valence-electron chi connectivity index (χ3n) is 5.79. The normalized spacial score (nSPS) is 18.7. The number of ether oxygens (including phenoxy) is 1. The number of hydrogen-bond acceptors (Lipinski definition) is 4. The fourth-order valence-electron chi connectivity index (χ4n) is 4.21.